The molecular formula is C11H16ClN3O. The molecule has 1 rings (SSSR count). The normalized spacial score (nSPS) is 11.7. The van der Waals surface area contributed by atoms with Crippen molar-refractivity contribution in [2.75, 3.05) is 13.1 Å². The molecule has 0 fully saturated rings. The van der Waals surface area contributed by atoms with Gasteiger partial charge in [0.1, 0.15) is 5.84 Å². The molecule has 0 unspecified atom stereocenters. The van der Waals surface area contributed by atoms with Crippen molar-refractivity contribution in [2.24, 2.45) is 10.9 Å². The van der Waals surface area contributed by atoms with Crippen LogP contribution in [0.5, 0.6) is 0 Å². The van der Waals surface area contributed by atoms with Gasteiger partial charge in [-0.05, 0) is 30.7 Å². The highest BCUT2D eigenvalue weighted by Crippen LogP contribution is 2.09. The summed E-state index contributed by atoms with van der Waals surface area (Å²) in [6.07, 6.45) is 1.49. The van der Waals surface area contributed by atoms with Gasteiger partial charge in [0.25, 0.3) is 0 Å². The Morgan fingerprint density at radius 1 is 1.31 bits per heavy atom. The highest BCUT2D eigenvalue weighted by atomic mass is 35.5. The van der Waals surface area contributed by atoms with Gasteiger partial charge in [0.2, 0.25) is 0 Å². The number of oxime groups is 1. The van der Waals surface area contributed by atoms with E-state index in [1.807, 2.05) is 24.3 Å². The topological polar surface area (TPSA) is 70.6 Å². The smallest absolute Gasteiger partial charge is 0.140 e. The average molecular weight is 242 g/mol. The zero-order chi connectivity index (χ0) is 11.8. The Kier molecular flexibility index (Phi) is 5.67. The van der Waals surface area contributed by atoms with Crippen molar-refractivity contribution in [1.82, 2.24) is 5.32 Å². The van der Waals surface area contributed by atoms with Gasteiger partial charge in [0.05, 0.1) is 0 Å². The van der Waals surface area contributed by atoms with Crippen LogP contribution in [0.4, 0.5) is 0 Å². The Labute approximate surface area is 100 Å². The Morgan fingerprint density at radius 3 is 2.62 bits per heavy atom. The molecule has 0 aromatic heterocycles. The van der Waals surface area contributed by atoms with E-state index in [0.717, 1.165) is 18.0 Å². The second-order valence-corrected chi connectivity index (χ2v) is 3.90. The molecule has 0 saturated carbocycles. The minimum absolute atomic E-state index is 0.249. The van der Waals surface area contributed by atoms with Gasteiger partial charge in [-0.15, -0.1) is 0 Å². The molecule has 0 aliphatic heterocycles. The fourth-order valence-electron chi connectivity index (χ4n) is 1.28. The Balaban J connectivity index is 2.14. The summed E-state index contributed by atoms with van der Waals surface area (Å²) in [4.78, 5) is 0. The van der Waals surface area contributed by atoms with Crippen LogP contribution >= 0.6 is 11.6 Å². The van der Waals surface area contributed by atoms with Gasteiger partial charge in [-0.1, -0.05) is 28.9 Å². The van der Waals surface area contributed by atoms with Crippen LogP contribution in [0, 0.1) is 0 Å². The molecule has 0 radical (unpaired) electrons. The van der Waals surface area contributed by atoms with E-state index >= 15 is 0 Å². The van der Waals surface area contributed by atoms with Crippen LogP contribution in [0.3, 0.4) is 0 Å². The van der Waals surface area contributed by atoms with Crippen LogP contribution in [-0.2, 0) is 6.42 Å². The molecular weight excluding hydrogens is 226 g/mol. The number of amidine groups is 1. The summed E-state index contributed by atoms with van der Waals surface area (Å²) in [5.74, 6) is 0.249. The van der Waals surface area contributed by atoms with Crippen molar-refractivity contribution < 1.29 is 5.21 Å². The lowest BCUT2D eigenvalue weighted by Crippen LogP contribution is -2.24. The molecule has 1 aromatic rings. The van der Waals surface area contributed by atoms with E-state index in [4.69, 9.17) is 22.5 Å². The van der Waals surface area contributed by atoms with Gasteiger partial charge in [-0.2, -0.15) is 0 Å². The van der Waals surface area contributed by atoms with Gasteiger partial charge in [-0.25, -0.2) is 0 Å². The average Bonchev–Trinajstić information content (AvgIpc) is 2.31. The predicted octanol–water partition coefficient (Wildman–Crippen LogP) is 1.61. The summed E-state index contributed by atoms with van der Waals surface area (Å²) < 4.78 is 0. The first kappa shape index (κ1) is 12.8. The minimum atomic E-state index is 0.249. The van der Waals surface area contributed by atoms with E-state index in [9.17, 15) is 0 Å². The molecule has 1 aromatic carbocycles. The van der Waals surface area contributed by atoms with Crippen molar-refractivity contribution in [3.05, 3.63) is 34.9 Å². The molecule has 4 nitrogen and oxygen atoms in total. The van der Waals surface area contributed by atoms with Gasteiger partial charge in [-0.3, -0.25) is 0 Å². The second-order valence-electron chi connectivity index (χ2n) is 3.47. The summed E-state index contributed by atoms with van der Waals surface area (Å²) in [5, 5.41) is 15.2. The van der Waals surface area contributed by atoms with E-state index in [1.54, 1.807) is 0 Å². The monoisotopic (exact) mass is 241 g/mol. The summed E-state index contributed by atoms with van der Waals surface area (Å²) in [6.45, 7) is 1.57. The number of hydrogen-bond donors (Lipinski definition) is 3. The number of hydrogen-bond acceptors (Lipinski definition) is 3. The lowest BCUT2D eigenvalue weighted by molar-refractivity contribution is 0.316. The molecule has 0 saturated heterocycles. The first-order valence-electron chi connectivity index (χ1n) is 5.14. The highest BCUT2D eigenvalue weighted by molar-refractivity contribution is 6.30. The molecule has 16 heavy (non-hydrogen) atoms. The zero-order valence-electron chi connectivity index (χ0n) is 8.99. The van der Waals surface area contributed by atoms with Crippen LogP contribution in [-0.4, -0.2) is 24.1 Å². The molecule has 0 aliphatic rings. The van der Waals surface area contributed by atoms with Crippen LogP contribution in [0.25, 0.3) is 0 Å². The van der Waals surface area contributed by atoms with Crippen molar-refractivity contribution in [2.45, 2.75) is 12.8 Å². The summed E-state index contributed by atoms with van der Waals surface area (Å²) in [6, 6.07) is 7.78. The Bertz CT molecular complexity index is 338. The summed E-state index contributed by atoms with van der Waals surface area (Å²) in [7, 11) is 0. The Morgan fingerprint density at radius 2 is 2.00 bits per heavy atom. The van der Waals surface area contributed by atoms with Crippen LogP contribution in [0.2, 0.25) is 5.02 Å². The Hall–Kier alpha value is -1.26. The van der Waals surface area contributed by atoms with E-state index < -0.39 is 0 Å². The molecule has 0 heterocycles. The molecule has 5 heteroatoms. The standard InChI is InChI=1S/C11H16ClN3O/c12-10-3-1-9(2-4-10)5-7-14-8-6-11(13)15-16/h1-4,14,16H,5-8H2,(H2,13,15). The van der Waals surface area contributed by atoms with Gasteiger partial charge >= 0.3 is 0 Å². The predicted molar refractivity (Wildman–Crippen MR) is 66.1 cm³/mol. The third kappa shape index (κ3) is 5.00. The molecule has 0 atom stereocenters. The summed E-state index contributed by atoms with van der Waals surface area (Å²) in [5.41, 5.74) is 6.57. The maximum absolute atomic E-state index is 8.32. The van der Waals surface area contributed by atoms with Gasteiger partial charge in [0, 0.05) is 18.0 Å². The highest BCUT2D eigenvalue weighted by Gasteiger charge is 1.95. The van der Waals surface area contributed by atoms with Crippen molar-refractivity contribution >= 4 is 17.4 Å². The molecule has 88 valence electrons. The second kappa shape index (κ2) is 7.09. The number of rotatable bonds is 6. The van der Waals surface area contributed by atoms with Crippen molar-refractivity contribution in [3.8, 4) is 0 Å². The van der Waals surface area contributed by atoms with E-state index in [2.05, 4.69) is 10.5 Å². The molecule has 4 N–H and O–H groups in total. The molecule has 0 amide bonds. The largest absolute Gasteiger partial charge is 0.409 e. The van der Waals surface area contributed by atoms with Gasteiger partial charge in [0.15, 0.2) is 0 Å². The molecule has 0 spiro atoms. The first-order chi connectivity index (χ1) is 7.72. The fraction of sp³-hybridized carbons (Fsp3) is 0.364. The third-order valence-electron chi connectivity index (χ3n) is 2.19. The number of nitrogens with one attached hydrogen (secondary N) is 1. The van der Waals surface area contributed by atoms with Crippen molar-refractivity contribution in [3.63, 3.8) is 0 Å². The van der Waals surface area contributed by atoms with Crippen LogP contribution < -0.4 is 11.1 Å². The SMILES string of the molecule is NC(CCNCCc1ccc(Cl)cc1)=NO. The van der Waals surface area contributed by atoms with E-state index in [0.29, 0.717) is 13.0 Å². The van der Waals surface area contributed by atoms with Crippen LogP contribution in [0.15, 0.2) is 29.4 Å². The molecule has 0 bridgehead atoms. The quantitative estimate of drug-likeness (QED) is 0.233. The fourth-order valence-corrected chi connectivity index (χ4v) is 1.40. The lowest BCUT2D eigenvalue weighted by atomic mass is 10.1. The molecule has 0 aliphatic carbocycles. The number of nitrogens with zero attached hydrogens (tertiary/aromatic N) is 1. The van der Waals surface area contributed by atoms with Crippen LogP contribution in [0.1, 0.15) is 12.0 Å². The maximum atomic E-state index is 8.32. The minimum Gasteiger partial charge on any atom is -0.409 e. The lowest BCUT2D eigenvalue weighted by Gasteiger charge is -2.04. The number of benzene rings is 1. The van der Waals surface area contributed by atoms with Gasteiger partial charge < -0.3 is 16.3 Å². The zero-order valence-corrected chi connectivity index (χ0v) is 9.74. The van der Waals surface area contributed by atoms with E-state index in [-0.39, 0.29) is 5.84 Å². The maximum Gasteiger partial charge on any atom is 0.140 e. The third-order valence-corrected chi connectivity index (χ3v) is 2.44. The summed E-state index contributed by atoms with van der Waals surface area (Å²) >= 11 is 5.78. The number of nitrogens with two attached hydrogens (primary N) is 1. The number of halogens is 1. The van der Waals surface area contributed by atoms with E-state index in [1.165, 1.54) is 5.56 Å². The first-order valence-corrected chi connectivity index (χ1v) is 5.51. The van der Waals surface area contributed by atoms with Crippen molar-refractivity contribution in [1.29, 1.82) is 0 Å².